The molecule has 0 atom stereocenters. The SMILES string of the molecule is CC(C)(C)C(=O)N1CCN(C(=O)Cc2ccc3[nH]c(=O)[nH]c3c2)CC1. The van der Waals surface area contributed by atoms with Gasteiger partial charge in [-0.1, -0.05) is 26.8 Å². The van der Waals surface area contributed by atoms with Crippen LogP contribution in [0.25, 0.3) is 11.0 Å². The van der Waals surface area contributed by atoms with Gasteiger partial charge >= 0.3 is 5.69 Å². The van der Waals surface area contributed by atoms with E-state index in [4.69, 9.17) is 0 Å². The summed E-state index contributed by atoms with van der Waals surface area (Å²) < 4.78 is 0. The smallest absolute Gasteiger partial charge is 0.323 e. The summed E-state index contributed by atoms with van der Waals surface area (Å²) in [6.07, 6.45) is 0.288. The highest BCUT2D eigenvalue weighted by Gasteiger charge is 2.30. The Balaban J connectivity index is 1.60. The number of hydrogen-bond donors (Lipinski definition) is 2. The Kier molecular flexibility index (Phi) is 4.41. The Morgan fingerprint density at radius 1 is 1.00 bits per heavy atom. The van der Waals surface area contributed by atoms with Crippen LogP contribution < -0.4 is 5.69 Å². The van der Waals surface area contributed by atoms with E-state index in [-0.39, 0.29) is 23.9 Å². The van der Waals surface area contributed by atoms with Crippen LogP contribution in [-0.4, -0.2) is 57.8 Å². The average Bonchev–Trinajstić information content (AvgIpc) is 2.92. The van der Waals surface area contributed by atoms with Gasteiger partial charge in [0.05, 0.1) is 17.5 Å². The monoisotopic (exact) mass is 344 g/mol. The number of H-pyrrole nitrogens is 2. The Morgan fingerprint density at radius 2 is 1.60 bits per heavy atom. The van der Waals surface area contributed by atoms with Gasteiger partial charge in [0.1, 0.15) is 0 Å². The van der Waals surface area contributed by atoms with Crippen LogP contribution in [0.2, 0.25) is 0 Å². The van der Waals surface area contributed by atoms with Crippen molar-refractivity contribution in [2.45, 2.75) is 27.2 Å². The third-order valence-corrected chi connectivity index (χ3v) is 4.50. The summed E-state index contributed by atoms with van der Waals surface area (Å²) >= 11 is 0. The molecule has 0 radical (unpaired) electrons. The zero-order valence-corrected chi connectivity index (χ0v) is 14.9. The van der Waals surface area contributed by atoms with Gasteiger partial charge < -0.3 is 19.8 Å². The molecule has 2 N–H and O–H groups in total. The number of fused-ring (bicyclic) bond motifs is 1. The molecule has 1 saturated heterocycles. The van der Waals surface area contributed by atoms with E-state index >= 15 is 0 Å². The molecule has 1 aliphatic rings. The fourth-order valence-electron chi connectivity index (χ4n) is 3.11. The van der Waals surface area contributed by atoms with Crippen LogP contribution >= 0.6 is 0 Å². The van der Waals surface area contributed by atoms with Crippen molar-refractivity contribution in [2.75, 3.05) is 26.2 Å². The normalized spacial score (nSPS) is 15.6. The molecule has 134 valence electrons. The van der Waals surface area contributed by atoms with Crippen LogP contribution in [-0.2, 0) is 16.0 Å². The maximum absolute atomic E-state index is 12.5. The molecule has 7 nitrogen and oxygen atoms in total. The van der Waals surface area contributed by atoms with Crippen molar-refractivity contribution < 1.29 is 9.59 Å². The fourth-order valence-corrected chi connectivity index (χ4v) is 3.11. The predicted octanol–water partition coefficient (Wildman–Crippen LogP) is 1.12. The van der Waals surface area contributed by atoms with E-state index in [1.807, 2.05) is 37.8 Å². The van der Waals surface area contributed by atoms with Crippen molar-refractivity contribution in [3.8, 4) is 0 Å². The maximum atomic E-state index is 12.5. The number of carbonyl (C=O) groups is 2. The van der Waals surface area contributed by atoms with Gasteiger partial charge in [0.15, 0.2) is 0 Å². The van der Waals surface area contributed by atoms with Crippen LogP contribution in [0.1, 0.15) is 26.3 Å². The highest BCUT2D eigenvalue weighted by atomic mass is 16.2. The van der Waals surface area contributed by atoms with Gasteiger partial charge in [-0.2, -0.15) is 0 Å². The summed E-state index contributed by atoms with van der Waals surface area (Å²) in [6, 6.07) is 5.48. The first-order valence-electron chi connectivity index (χ1n) is 8.52. The quantitative estimate of drug-likeness (QED) is 0.855. The largest absolute Gasteiger partial charge is 0.339 e. The third-order valence-electron chi connectivity index (χ3n) is 4.50. The van der Waals surface area contributed by atoms with Crippen molar-refractivity contribution >= 4 is 22.8 Å². The molecule has 0 aliphatic carbocycles. The van der Waals surface area contributed by atoms with E-state index in [0.29, 0.717) is 31.7 Å². The molecular weight excluding hydrogens is 320 g/mol. The van der Waals surface area contributed by atoms with Crippen LogP contribution in [0.3, 0.4) is 0 Å². The number of aromatic nitrogens is 2. The second-order valence-electron chi connectivity index (χ2n) is 7.56. The first-order chi connectivity index (χ1) is 11.7. The van der Waals surface area contributed by atoms with Gasteiger partial charge in [0.2, 0.25) is 11.8 Å². The topological polar surface area (TPSA) is 89.3 Å². The minimum absolute atomic E-state index is 0.0418. The number of imidazole rings is 1. The molecule has 25 heavy (non-hydrogen) atoms. The Morgan fingerprint density at radius 3 is 2.24 bits per heavy atom. The molecule has 1 aliphatic heterocycles. The molecule has 3 rings (SSSR count). The van der Waals surface area contributed by atoms with E-state index in [1.54, 1.807) is 11.0 Å². The van der Waals surface area contributed by atoms with Crippen molar-refractivity contribution in [3.05, 3.63) is 34.2 Å². The number of piperazine rings is 1. The minimum Gasteiger partial charge on any atom is -0.339 e. The molecule has 1 aromatic heterocycles. The van der Waals surface area contributed by atoms with Crippen LogP contribution in [0, 0.1) is 5.41 Å². The van der Waals surface area contributed by atoms with Crippen molar-refractivity contribution in [1.82, 2.24) is 19.8 Å². The molecule has 0 unspecified atom stereocenters. The molecule has 0 bridgehead atoms. The number of carbonyl (C=O) groups excluding carboxylic acids is 2. The lowest BCUT2D eigenvalue weighted by molar-refractivity contribution is -0.144. The van der Waals surface area contributed by atoms with Gasteiger partial charge in [0, 0.05) is 31.6 Å². The van der Waals surface area contributed by atoms with Gasteiger partial charge in [-0.15, -0.1) is 0 Å². The molecule has 2 heterocycles. The van der Waals surface area contributed by atoms with Crippen molar-refractivity contribution in [1.29, 1.82) is 0 Å². The number of benzene rings is 1. The highest BCUT2D eigenvalue weighted by Crippen LogP contribution is 2.19. The number of nitrogens with one attached hydrogen (secondary N) is 2. The second-order valence-corrected chi connectivity index (χ2v) is 7.56. The number of hydrogen-bond acceptors (Lipinski definition) is 3. The van der Waals surface area contributed by atoms with Gasteiger partial charge in [-0.25, -0.2) is 4.79 Å². The van der Waals surface area contributed by atoms with E-state index in [9.17, 15) is 14.4 Å². The fraction of sp³-hybridized carbons (Fsp3) is 0.500. The number of rotatable bonds is 2. The summed E-state index contributed by atoms with van der Waals surface area (Å²) in [5.41, 5.74) is 1.65. The molecule has 0 spiro atoms. The number of nitrogens with zero attached hydrogens (tertiary/aromatic N) is 2. The van der Waals surface area contributed by atoms with Crippen LogP contribution in [0.15, 0.2) is 23.0 Å². The number of aromatic amines is 2. The van der Waals surface area contributed by atoms with E-state index in [2.05, 4.69) is 9.97 Å². The first kappa shape index (κ1) is 17.3. The Labute approximate surface area is 146 Å². The van der Waals surface area contributed by atoms with Crippen LogP contribution in [0.4, 0.5) is 0 Å². The molecule has 2 aromatic rings. The zero-order valence-electron chi connectivity index (χ0n) is 14.9. The highest BCUT2D eigenvalue weighted by molar-refractivity contribution is 5.83. The van der Waals surface area contributed by atoms with Crippen molar-refractivity contribution in [2.24, 2.45) is 5.41 Å². The summed E-state index contributed by atoms with van der Waals surface area (Å²) in [5.74, 6) is 0.168. The van der Waals surface area contributed by atoms with Crippen LogP contribution in [0.5, 0.6) is 0 Å². The van der Waals surface area contributed by atoms with Crippen molar-refractivity contribution in [3.63, 3.8) is 0 Å². The molecule has 7 heteroatoms. The van der Waals surface area contributed by atoms with E-state index in [1.165, 1.54) is 0 Å². The maximum Gasteiger partial charge on any atom is 0.323 e. The summed E-state index contributed by atoms with van der Waals surface area (Å²) in [4.78, 5) is 45.2. The molecule has 1 aromatic carbocycles. The predicted molar refractivity (Wildman–Crippen MR) is 95.2 cm³/mol. The average molecular weight is 344 g/mol. The molecule has 0 saturated carbocycles. The summed E-state index contributed by atoms with van der Waals surface area (Å²) in [6.45, 7) is 8.00. The molecule has 2 amide bonds. The molecular formula is C18H24N4O3. The lowest BCUT2D eigenvalue weighted by Crippen LogP contribution is -2.53. The van der Waals surface area contributed by atoms with Gasteiger partial charge in [-0.05, 0) is 17.7 Å². The number of amides is 2. The van der Waals surface area contributed by atoms with E-state index < -0.39 is 5.41 Å². The Bertz CT molecular complexity index is 851. The summed E-state index contributed by atoms with van der Waals surface area (Å²) in [7, 11) is 0. The summed E-state index contributed by atoms with van der Waals surface area (Å²) in [5, 5.41) is 0. The van der Waals surface area contributed by atoms with Gasteiger partial charge in [-0.3, -0.25) is 9.59 Å². The standard InChI is InChI=1S/C18H24N4O3/c1-18(2,3)16(24)22-8-6-21(7-9-22)15(23)11-12-4-5-13-14(10-12)20-17(25)19-13/h4-5,10H,6-9,11H2,1-3H3,(H2,19,20,25). The van der Waals surface area contributed by atoms with Gasteiger partial charge in [0.25, 0.3) is 0 Å². The van der Waals surface area contributed by atoms with E-state index in [0.717, 1.165) is 11.1 Å². The lowest BCUT2D eigenvalue weighted by atomic mass is 9.94. The molecule has 1 fully saturated rings. The Hall–Kier alpha value is -2.57. The zero-order chi connectivity index (χ0) is 18.2. The lowest BCUT2D eigenvalue weighted by Gasteiger charge is -2.37. The third kappa shape index (κ3) is 3.75. The second kappa shape index (κ2) is 6.38. The first-order valence-corrected chi connectivity index (χ1v) is 8.52. The minimum atomic E-state index is -0.394.